The van der Waals surface area contributed by atoms with Gasteiger partial charge >= 0.3 is 6.29 Å². The lowest BCUT2D eigenvalue weighted by Gasteiger charge is -2.32. The van der Waals surface area contributed by atoms with Gasteiger partial charge in [-0.25, -0.2) is 0 Å². The fraction of sp³-hybridized carbons (Fsp3) is 0.647. The highest BCUT2D eigenvalue weighted by Gasteiger charge is 2.46. The molecule has 120 valence electrons. The summed E-state index contributed by atoms with van der Waals surface area (Å²) >= 11 is 0. The summed E-state index contributed by atoms with van der Waals surface area (Å²) in [5, 5.41) is 10.6. The normalized spacial score (nSPS) is 35.5. The van der Waals surface area contributed by atoms with E-state index in [1.165, 1.54) is 18.9 Å². The van der Waals surface area contributed by atoms with Crippen molar-refractivity contribution in [2.45, 2.75) is 51.4 Å². The van der Waals surface area contributed by atoms with E-state index in [-0.39, 0.29) is 17.4 Å². The molecule has 1 saturated carbocycles. The van der Waals surface area contributed by atoms with Crippen LogP contribution in [0.2, 0.25) is 0 Å². The van der Waals surface area contributed by atoms with Crippen molar-refractivity contribution in [1.29, 1.82) is 0 Å². The molecule has 1 fully saturated rings. The molecular weight excluding hydrogens is 290 g/mol. The highest BCUT2D eigenvalue weighted by Crippen LogP contribution is 2.50. The van der Waals surface area contributed by atoms with Crippen LogP contribution in [-0.2, 0) is 6.42 Å². The highest BCUT2D eigenvalue weighted by atomic mass is 19.3. The minimum Gasteiger partial charge on any atom is -0.395 e. The largest absolute Gasteiger partial charge is 0.586 e. The van der Waals surface area contributed by atoms with Crippen molar-refractivity contribution < 1.29 is 23.4 Å². The van der Waals surface area contributed by atoms with Crippen LogP contribution in [0.4, 0.5) is 8.78 Å². The molecule has 2 aliphatic carbocycles. The number of halogens is 2. The lowest BCUT2D eigenvalue weighted by atomic mass is 9.74. The van der Waals surface area contributed by atoms with Crippen LogP contribution in [0.1, 0.15) is 49.8 Å². The second kappa shape index (κ2) is 4.82. The molecule has 0 bridgehead atoms. The van der Waals surface area contributed by atoms with E-state index in [1.807, 2.05) is 0 Å². The van der Waals surface area contributed by atoms with E-state index in [2.05, 4.69) is 16.4 Å². The summed E-state index contributed by atoms with van der Waals surface area (Å²) in [5.41, 5.74) is 1.64. The molecule has 1 aromatic carbocycles. The van der Waals surface area contributed by atoms with Gasteiger partial charge in [0, 0.05) is 0 Å². The van der Waals surface area contributed by atoms with Crippen molar-refractivity contribution in [3.8, 4) is 11.5 Å². The quantitative estimate of drug-likeness (QED) is 0.851. The van der Waals surface area contributed by atoms with Gasteiger partial charge in [0.15, 0.2) is 11.5 Å². The molecule has 1 aromatic rings. The summed E-state index contributed by atoms with van der Waals surface area (Å²) in [6.07, 6.45) is 1.25. The van der Waals surface area contributed by atoms with E-state index in [0.717, 1.165) is 36.3 Å². The van der Waals surface area contributed by atoms with Crippen LogP contribution in [0, 0.1) is 17.8 Å². The Labute approximate surface area is 128 Å². The van der Waals surface area contributed by atoms with Crippen molar-refractivity contribution in [2.24, 2.45) is 17.8 Å². The van der Waals surface area contributed by atoms with E-state index >= 15 is 0 Å². The molecular formula is C17H20F2O3. The Kier molecular flexibility index (Phi) is 3.12. The predicted octanol–water partition coefficient (Wildman–Crippen LogP) is 4.04. The lowest BCUT2D eigenvalue weighted by molar-refractivity contribution is -0.286. The second-order valence-corrected chi connectivity index (χ2v) is 7.00. The molecule has 2 unspecified atom stereocenters. The topological polar surface area (TPSA) is 38.7 Å². The van der Waals surface area contributed by atoms with Crippen molar-refractivity contribution in [1.82, 2.24) is 0 Å². The summed E-state index contributed by atoms with van der Waals surface area (Å²) in [4.78, 5) is 0. The third-order valence-electron chi connectivity index (χ3n) is 5.51. The Hall–Kier alpha value is -1.36. The summed E-state index contributed by atoms with van der Waals surface area (Å²) < 4.78 is 35.2. The zero-order valence-corrected chi connectivity index (χ0v) is 12.5. The molecule has 3 nitrogen and oxygen atoms in total. The Bertz CT molecular complexity index is 594. The molecule has 4 rings (SSSR count). The molecule has 1 aliphatic heterocycles. The van der Waals surface area contributed by atoms with Gasteiger partial charge in [-0.1, -0.05) is 19.8 Å². The van der Waals surface area contributed by atoms with Crippen LogP contribution in [0.3, 0.4) is 0 Å². The average Bonchev–Trinajstić information content (AvgIpc) is 2.93. The first-order chi connectivity index (χ1) is 10.4. The maximum absolute atomic E-state index is 13.1. The van der Waals surface area contributed by atoms with Gasteiger partial charge in [0.25, 0.3) is 0 Å². The average molecular weight is 310 g/mol. The predicted molar refractivity (Wildman–Crippen MR) is 75.9 cm³/mol. The molecule has 0 saturated heterocycles. The number of fused-ring (bicyclic) bond motifs is 2. The molecule has 22 heavy (non-hydrogen) atoms. The van der Waals surface area contributed by atoms with Crippen LogP contribution in [0.25, 0.3) is 0 Å². The molecule has 2 atom stereocenters. The number of aliphatic hydroxyl groups excluding tert-OH is 1. The SMILES string of the molecule is CC1CCC(C2Cc3cc4c(cc3C2O)OC(F)(F)O4)CC1. The number of ether oxygens (including phenoxy) is 2. The first kappa shape index (κ1) is 14.2. The maximum Gasteiger partial charge on any atom is 0.586 e. The summed E-state index contributed by atoms with van der Waals surface area (Å²) in [6, 6.07) is 3.14. The van der Waals surface area contributed by atoms with E-state index in [1.54, 1.807) is 6.07 Å². The zero-order valence-electron chi connectivity index (χ0n) is 12.5. The third-order valence-corrected chi connectivity index (χ3v) is 5.51. The fourth-order valence-corrected chi connectivity index (χ4v) is 4.24. The van der Waals surface area contributed by atoms with Crippen LogP contribution >= 0.6 is 0 Å². The molecule has 3 aliphatic rings. The number of hydrogen-bond acceptors (Lipinski definition) is 3. The Morgan fingerprint density at radius 3 is 2.41 bits per heavy atom. The molecule has 1 N–H and O–H groups in total. The molecule has 0 radical (unpaired) electrons. The van der Waals surface area contributed by atoms with E-state index < -0.39 is 12.4 Å². The molecule has 0 amide bonds. The monoisotopic (exact) mass is 310 g/mol. The first-order valence-corrected chi connectivity index (χ1v) is 8.03. The smallest absolute Gasteiger partial charge is 0.395 e. The number of alkyl halides is 2. The third kappa shape index (κ3) is 2.26. The number of benzene rings is 1. The van der Waals surface area contributed by atoms with Gasteiger partial charge in [0.05, 0.1) is 6.10 Å². The van der Waals surface area contributed by atoms with Gasteiger partial charge in [-0.15, -0.1) is 8.78 Å². The second-order valence-electron chi connectivity index (χ2n) is 7.00. The van der Waals surface area contributed by atoms with E-state index in [9.17, 15) is 13.9 Å². The van der Waals surface area contributed by atoms with Gasteiger partial charge in [-0.2, -0.15) is 0 Å². The summed E-state index contributed by atoms with van der Waals surface area (Å²) in [7, 11) is 0. The summed E-state index contributed by atoms with van der Waals surface area (Å²) in [6.45, 7) is 2.27. The zero-order chi connectivity index (χ0) is 15.5. The molecule has 5 heteroatoms. The van der Waals surface area contributed by atoms with Gasteiger partial charge < -0.3 is 14.6 Å². The summed E-state index contributed by atoms with van der Waals surface area (Å²) in [5.74, 6) is 1.57. The highest BCUT2D eigenvalue weighted by molar-refractivity contribution is 5.52. The van der Waals surface area contributed by atoms with Gasteiger partial charge in [0.1, 0.15) is 0 Å². The number of rotatable bonds is 1. The Morgan fingerprint density at radius 2 is 1.73 bits per heavy atom. The fourth-order valence-electron chi connectivity index (χ4n) is 4.24. The minimum absolute atomic E-state index is 0.0284. The Morgan fingerprint density at radius 1 is 1.09 bits per heavy atom. The lowest BCUT2D eigenvalue weighted by Crippen LogP contribution is -2.26. The van der Waals surface area contributed by atoms with Gasteiger partial charge in [0.2, 0.25) is 0 Å². The van der Waals surface area contributed by atoms with Crippen LogP contribution < -0.4 is 9.47 Å². The maximum atomic E-state index is 13.1. The van der Waals surface area contributed by atoms with Gasteiger partial charge in [-0.05, 0) is 60.3 Å². The Balaban J connectivity index is 1.57. The van der Waals surface area contributed by atoms with E-state index in [0.29, 0.717) is 5.92 Å². The number of aliphatic hydroxyl groups is 1. The first-order valence-electron chi connectivity index (χ1n) is 8.03. The standard InChI is InChI=1S/C17H20F2O3/c1-9-2-4-10(5-3-9)12-6-11-7-14-15(8-13(11)16(12)20)22-17(18,19)21-14/h7-10,12,16,20H,2-6H2,1H3. The van der Waals surface area contributed by atoms with Crippen molar-refractivity contribution in [2.75, 3.05) is 0 Å². The van der Waals surface area contributed by atoms with Crippen molar-refractivity contribution in [3.05, 3.63) is 23.3 Å². The van der Waals surface area contributed by atoms with Crippen LogP contribution in [0.15, 0.2) is 12.1 Å². The molecule has 0 aromatic heterocycles. The van der Waals surface area contributed by atoms with Crippen molar-refractivity contribution >= 4 is 0 Å². The van der Waals surface area contributed by atoms with E-state index in [4.69, 9.17) is 0 Å². The molecule has 1 heterocycles. The van der Waals surface area contributed by atoms with Crippen LogP contribution in [0.5, 0.6) is 11.5 Å². The minimum atomic E-state index is -3.60. The van der Waals surface area contributed by atoms with Gasteiger partial charge in [-0.3, -0.25) is 0 Å². The van der Waals surface area contributed by atoms with Crippen LogP contribution in [-0.4, -0.2) is 11.4 Å². The van der Waals surface area contributed by atoms with Crippen molar-refractivity contribution in [3.63, 3.8) is 0 Å². The number of hydrogen-bond donors (Lipinski definition) is 1. The molecule has 0 spiro atoms.